The van der Waals surface area contributed by atoms with Crippen LogP contribution in [-0.4, -0.2) is 19.8 Å². The summed E-state index contributed by atoms with van der Waals surface area (Å²) in [5.74, 6) is -0.842. The number of rotatable bonds is 3. The molecule has 138 valence electrons. The van der Waals surface area contributed by atoms with Gasteiger partial charge in [-0.15, -0.1) is 0 Å². The quantitative estimate of drug-likeness (QED) is 0.549. The monoisotopic (exact) mass is 374 g/mol. The van der Waals surface area contributed by atoms with Gasteiger partial charge in [-0.1, -0.05) is 30.3 Å². The Morgan fingerprint density at radius 1 is 1.21 bits per heavy atom. The van der Waals surface area contributed by atoms with Crippen molar-refractivity contribution in [2.75, 3.05) is 0 Å². The van der Waals surface area contributed by atoms with Crippen LogP contribution in [0, 0.1) is 28.4 Å². The molecule has 1 N–H and O–H groups in total. The van der Waals surface area contributed by atoms with Gasteiger partial charge in [0.2, 0.25) is 5.88 Å². The maximum atomic E-state index is 10.9. The number of aliphatic hydroxyl groups is 1. The summed E-state index contributed by atoms with van der Waals surface area (Å²) in [5.41, 5.74) is 2.59. The Bertz CT molecular complexity index is 1140. The highest BCUT2D eigenvalue weighted by molar-refractivity contribution is 5.57. The van der Waals surface area contributed by atoms with Crippen LogP contribution in [0.5, 0.6) is 5.88 Å². The van der Waals surface area contributed by atoms with Crippen molar-refractivity contribution >= 4 is 5.69 Å². The first-order valence-electron chi connectivity index (χ1n) is 8.41. The number of nitriles is 1. The van der Waals surface area contributed by atoms with Gasteiger partial charge in [0.15, 0.2) is 0 Å². The van der Waals surface area contributed by atoms with E-state index in [1.807, 2.05) is 36.4 Å². The van der Waals surface area contributed by atoms with Crippen molar-refractivity contribution in [1.82, 2.24) is 9.78 Å². The first-order chi connectivity index (χ1) is 13.5. The predicted molar refractivity (Wildman–Crippen MR) is 99.1 cm³/mol. The third kappa shape index (κ3) is 2.66. The van der Waals surface area contributed by atoms with Gasteiger partial charge in [0.1, 0.15) is 11.6 Å². The summed E-state index contributed by atoms with van der Waals surface area (Å²) in [6, 6.07) is 17.1. The van der Waals surface area contributed by atoms with Gasteiger partial charge < -0.3 is 9.84 Å². The van der Waals surface area contributed by atoms with Gasteiger partial charge in [-0.25, -0.2) is 4.68 Å². The summed E-state index contributed by atoms with van der Waals surface area (Å²) in [6.07, 6.45) is 0. The number of fused-ring (bicyclic) bond motifs is 1. The number of hydrogen-bond acceptors (Lipinski definition) is 6. The summed E-state index contributed by atoms with van der Waals surface area (Å²) in [7, 11) is 0. The fourth-order valence-corrected chi connectivity index (χ4v) is 3.34. The molecule has 4 rings (SSSR count). The highest BCUT2D eigenvalue weighted by Gasteiger charge is 2.37. The molecule has 2 aromatic carbocycles. The zero-order valence-corrected chi connectivity index (χ0v) is 14.7. The predicted octanol–water partition coefficient (Wildman–Crippen LogP) is 3.91. The van der Waals surface area contributed by atoms with Crippen LogP contribution in [0.3, 0.4) is 0 Å². The lowest BCUT2D eigenvalue weighted by Gasteiger charge is -2.23. The molecular weight excluding hydrogens is 360 g/mol. The smallest absolute Gasteiger partial charge is 0.298 e. The van der Waals surface area contributed by atoms with Gasteiger partial charge in [0.25, 0.3) is 11.6 Å². The van der Waals surface area contributed by atoms with Crippen LogP contribution >= 0.6 is 0 Å². The highest BCUT2D eigenvalue weighted by atomic mass is 16.6. The molecule has 2 heterocycles. The lowest BCUT2D eigenvalue weighted by atomic mass is 9.84. The molecule has 0 saturated carbocycles. The minimum atomic E-state index is -0.646. The van der Waals surface area contributed by atoms with Crippen molar-refractivity contribution < 1.29 is 14.8 Å². The van der Waals surface area contributed by atoms with Crippen molar-refractivity contribution in [2.45, 2.75) is 12.8 Å². The van der Waals surface area contributed by atoms with Gasteiger partial charge >= 0.3 is 0 Å². The molecule has 0 aliphatic carbocycles. The molecule has 1 aliphatic rings. The number of ether oxygens (including phenoxy) is 1. The Morgan fingerprint density at radius 3 is 2.50 bits per heavy atom. The molecule has 1 atom stereocenters. The van der Waals surface area contributed by atoms with E-state index < -0.39 is 16.8 Å². The number of hydrogen-bond donors (Lipinski definition) is 1. The second kappa shape index (κ2) is 6.55. The number of aryl methyl sites for hydroxylation is 1. The number of benzene rings is 2. The topological polar surface area (TPSA) is 114 Å². The molecule has 8 heteroatoms. The van der Waals surface area contributed by atoms with Crippen LogP contribution in [-0.2, 0) is 0 Å². The van der Waals surface area contributed by atoms with E-state index in [0.29, 0.717) is 22.7 Å². The van der Waals surface area contributed by atoms with E-state index >= 15 is 0 Å². The van der Waals surface area contributed by atoms with Gasteiger partial charge in [-0.2, -0.15) is 10.4 Å². The van der Waals surface area contributed by atoms with Gasteiger partial charge in [0, 0.05) is 12.1 Å². The molecule has 0 spiro atoms. The summed E-state index contributed by atoms with van der Waals surface area (Å²) in [5, 5.41) is 35.4. The van der Waals surface area contributed by atoms with Gasteiger partial charge in [-0.3, -0.25) is 10.1 Å². The summed E-state index contributed by atoms with van der Waals surface area (Å²) in [6.45, 7) is 1.79. The number of aromatic nitrogens is 2. The van der Waals surface area contributed by atoms with Crippen molar-refractivity contribution in [1.29, 1.82) is 5.26 Å². The van der Waals surface area contributed by atoms with Gasteiger partial charge in [0.05, 0.1) is 27.8 Å². The van der Waals surface area contributed by atoms with E-state index in [1.54, 1.807) is 23.7 Å². The van der Waals surface area contributed by atoms with E-state index in [9.17, 15) is 20.5 Å². The first kappa shape index (κ1) is 17.3. The molecule has 1 aliphatic heterocycles. The van der Waals surface area contributed by atoms with Crippen LogP contribution in [0.4, 0.5) is 5.69 Å². The molecule has 8 nitrogen and oxygen atoms in total. The van der Waals surface area contributed by atoms with Crippen molar-refractivity contribution in [2.24, 2.45) is 0 Å². The van der Waals surface area contributed by atoms with Crippen molar-refractivity contribution in [3.8, 4) is 17.6 Å². The van der Waals surface area contributed by atoms with Crippen LogP contribution in [0.25, 0.3) is 5.69 Å². The Hall–Kier alpha value is -4.12. The highest BCUT2D eigenvalue weighted by Crippen LogP contribution is 2.45. The number of nitro groups is 1. The number of aliphatic hydroxyl groups excluding tert-OH is 1. The second-order valence-corrected chi connectivity index (χ2v) is 6.27. The van der Waals surface area contributed by atoms with Crippen LogP contribution in [0.2, 0.25) is 0 Å². The standard InChI is InChI=1S/C20H14N4O4/c1-12-17-18(13-7-9-15(10-8-13)24(26)27)16(11-21)20(25)28-19(17)23(22-12)14-5-3-2-4-6-14/h2-10,18,25H,1H3/t18-/m1/s1. The van der Waals surface area contributed by atoms with E-state index in [2.05, 4.69) is 5.10 Å². The Labute approximate surface area is 159 Å². The summed E-state index contributed by atoms with van der Waals surface area (Å²) < 4.78 is 7.12. The number of para-hydroxylation sites is 1. The Balaban J connectivity index is 1.91. The van der Waals surface area contributed by atoms with E-state index in [0.717, 1.165) is 5.69 Å². The first-order valence-corrected chi connectivity index (χ1v) is 8.41. The number of nitrogens with zero attached hydrogens (tertiary/aromatic N) is 4. The van der Waals surface area contributed by atoms with Crippen LogP contribution in [0.1, 0.15) is 22.7 Å². The minimum absolute atomic E-state index is 0.0251. The second-order valence-electron chi connectivity index (χ2n) is 6.27. The van der Waals surface area contributed by atoms with E-state index in [4.69, 9.17) is 4.74 Å². The third-order valence-electron chi connectivity index (χ3n) is 4.62. The van der Waals surface area contributed by atoms with E-state index in [-0.39, 0.29) is 11.3 Å². The lowest BCUT2D eigenvalue weighted by molar-refractivity contribution is -0.384. The van der Waals surface area contributed by atoms with Crippen molar-refractivity contribution in [3.63, 3.8) is 0 Å². The summed E-state index contributed by atoms with van der Waals surface area (Å²) in [4.78, 5) is 10.5. The Morgan fingerprint density at radius 2 is 1.89 bits per heavy atom. The molecule has 0 unspecified atom stereocenters. The molecule has 28 heavy (non-hydrogen) atoms. The third-order valence-corrected chi connectivity index (χ3v) is 4.62. The number of nitro benzene ring substituents is 1. The average Bonchev–Trinajstić information content (AvgIpc) is 3.03. The molecule has 3 aromatic rings. The fourth-order valence-electron chi connectivity index (χ4n) is 3.34. The average molecular weight is 374 g/mol. The summed E-state index contributed by atoms with van der Waals surface area (Å²) >= 11 is 0. The largest absolute Gasteiger partial charge is 0.480 e. The molecule has 0 saturated heterocycles. The molecule has 0 fully saturated rings. The van der Waals surface area contributed by atoms with Crippen molar-refractivity contribution in [3.05, 3.63) is 93.1 Å². The molecule has 0 radical (unpaired) electrons. The molecule has 0 amide bonds. The maximum Gasteiger partial charge on any atom is 0.298 e. The zero-order chi connectivity index (χ0) is 19.8. The number of allylic oxidation sites excluding steroid dienone is 1. The molecule has 0 bridgehead atoms. The molecular formula is C20H14N4O4. The fraction of sp³-hybridized carbons (Fsp3) is 0.100. The molecule has 1 aromatic heterocycles. The lowest BCUT2D eigenvalue weighted by Crippen LogP contribution is -2.17. The zero-order valence-electron chi connectivity index (χ0n) is 14.7. The van der Waals surface area contributed by atoms with Gasteiger partial charge in [-0.05, 0) is 24.6 Å². The Kier molecular flexibility index (Phi) is 4.05. The van der Waals surface area contributed by atoms with Crippen LogP contribution in [0.15, 0.2) is 66.1 Å². The minimum Gasteiger partial charge on any atom is -0.480 e. The SMILES string of the molecule is Cc1nn(-c2ccccc2)c2c1[C@H](c1ccc([N+](=O)[O-])cc1)C(C#N)=C(O)O2. The number of non-ortho nitro benzene ring substituents is 1. The van der Waals surface area contributed by atoms with E-state index in [1.165, 1.54) is 12.1 Å². The maximum absolute atomic E-state index is 10.9. The van der Waals surface area contributed by atoms with Crippen LogP contribution < -0.4 is 4.74 Å². The normalized spacial score (nSPS) is 15.5.